The Balaban J connectivity index is 2.42. The molecule has 0 radical (unpaired) electrons. The van der Waals surface area contributed by atoms with Crippen molar-refractivity contribution in [1.29, 1.82) is 0 Å². The first-order valence-electron chi connectivity index (χ1n) is 5.63. The minimum absolute atomic E-state index is 0.213. The standard InChI is InChI=1S/C13H13ClN2O2/c1-2-18-8-12-15-11(7-13(17)16-12)9-5-3-4-6-10(9)14/h3-7H,2,8H2,1H3,(H,15,16,17). The maximum atomic E-state index is 11.6. The normalized spacial score (nSPS) is 10.6. The molecule has 0 spiro atoms. The molecule has 1 aromatic heterocycles. The minimum Gasteiger partial charge on any atom is -0.374 e. The summed E-state index contributed by atoms with van der Waals surface area (Å²) in [5, 5.41) is 0.568. The van der Waals surface area contributed by atoms with Crippen molar-refractivity contribution in [3.8, 4) is 11.3 Å². The number of benzene rings is 1. The SMILES string of the molecule is CCOCc1nc(-c2ccccc2Cl)cc(=O)[nH]1. The Bertz CT molecular complexity index is 596. The van der Waals surface area contributed by atoms with Gasteiger partial charge in [-0.3, -0.25) is 4.79 Å². The fraction of sp³-hybridized carbons (Fsp3) is 0.231. The molecule has 94 valence electrons. The Hall–Kier alpha value is -1.65. The second-order valence-corrected chi connectivity index (χ2v) is 4.10. The highest BCUT2D eigenvalue weighted by Crippen LogP contribution is 2.24. The highest BCUT2D eigenvalue weighted by atomic mass is 35.5. The van der Waals surface area contributed by atoms with E-state index in [9.17, 15) is 4.79 Å². The van der Waals surface area contributed by atoms with Crippen LogP contribution >= 0.6 is 11.6 Å². The highest BCUT2D eigenvalue weighted by molar-refractivity contribution is 6.33. The van der Waals surface area contributed by atoms with Crippen molar-refractivity contribution in [2.24, 2.45) is 0 Å². The molecule has 2 rings (SSSR count). The van der Waals surface area contributed by atoms with Crippen LogP contribution in [0, 0.1) is 0 Å². The molecule has 0 unspecified atom stereocenters. The Labute approximate surface area is 110 Å². The van der Waals surface area contributed by atoms with Crippen LogP contribution in [-0.4, -0.2) is 16.6 Å². The monoisotopic (exact) mass is 264 g/mol. The molecule has 0 saturated heterocycles. The van der Waals surface area contributed by atoms with Crippen LogP contribution in [0.1, 0.15) is 12.7 Å². The van der Waals surface area contributed by atoms with Crippen molar-refractivity contribution >= 4 is 11.6 Å². The molecular formula is C13H13ClN2O2. The van der Waals surface area contributed by atoms with Gasteiger partial charge in [0.25, 0.3) is 5.56 Å². The summed E-state index contributed by atoms with van der Waals surface area (Å²) in [4.78, 5) is 18.5. The Kier molecular flexibility index (Phi) is 4.12. The van der Waals surface area contributed by atoms with Crippen LogP contribution in [0.2, 0.25) is 5.02 Å². The fourth-order valence-corrected chi connectivity index (χ4v) is 1.81. The van der Waals surface area contributed by atoms with E-state index in [0.717, 1.165) is 5.56 Å². The minimum atomic E-state index is -0.213. The summed E-state index contributed by atoms with van der Waals surface area (Å²) in [6.07, 6.45) is 0. The van der Waals surface area contributed by atoms with Gasteiger partial charge in [0.05, 0.1) is 5.69 Å². The van der Waals surface area contributed by atoms with Crippen LogP contribution < -0.4 is 5.56 Å². The van der Waals surface area contributed by atoms with Gasteiger partial charge in [0.1, 0.15) is 12.4 Å². The van der Waals surface area contributed by atoms with Crippen LogP contribution in [0.5, 0.6) is 0 Å². The lowest BCUT2D eigenvalue weighted by molar-refractivity contribution is 0.128. The van der Waals surface area contributed by atoms with E-state index in [0.29, 0.717) is 23.1 Å². The number of hydrogen-bond acceptors (Lipinski definition) is 3. The summed E-state index contributed by atoms with van der Waals surface area (Å²) in [5.41, 5.74) is 1.08. The quantitative estimate of drug-likeness (QED) is 0.924. The Morgan fingerprint density at radius 3 is 2.89 bits per heavy atom. The lowest BCUT2D eigenvalue weighted by atomic mass is 10.1. The third kappa shape index (κ3) is 2.97. The zero-order valence-electron chi connectivity index (χ0n) is 9.94. The van der Waals surface area contributed by atoms with Gasteiger partial charge in [0.2, 0.25) is 0 Å². The number of aromatic nitrogens is 2. The molecule has 1 heterocycles. The van der Waals surface area contributed by atoms with E-state index in [1.165, 1.54) is 6.07 Å². The van der Waals surface area contributed by atoms with Gasteiger partial charge in [-0.2, -0.15) is 0 Å². The molecule has 2 aromatic rings. The number of halogens is 1. The predicted molar refractivity (Wildman–Crippen MR) is 70.6 cm³/mol. The summed E-state index contributed by atoms with van der Waals surface area (Å²) in [7, 11) is 0. The van der Waals surface area contributed by atoms with Crippen molar-refractivity contribution < 1.29 is 4.74 Å². The van der Waals surface area contributed by atoms with Crippen LogP contribution in [-0.2, 0) is 11.3 Å². The van der Waals surface area contributed by atoms with Crippen LogP contribution in [0.15, 0.2) is 35.1 Å². The van der Waals surface area contributed by atoms with E-state index < -0.39 is 0 Å². The first-order chi connectivity index (χ1) is 8.70. The third-order valence-corrected chi connectivity index (χ3v) is 2.71. The second-order valence-electron chi connectivity index (χ2n) is 3.69. The number of nitrogens with zero attached hydrogens (tertiary/aromatic N) is 1. The second kappa shape index (κ2) is 5.80. The van der Waals surface area contributed by atoms with Gasteiger partial charge in [-0.25, -0.2) is 4.98 Å². The largest absolute Gasteiger partial charge is 0.374 e. The van der Waals surface area contributed by atoms with Gasteiger partial charge >= 0.3 is 0 Å². The summed E-state index contributed by atoms with van der Waals surface area (Å²) >= 11 is 6.08. The molecule has 1 aromatic carbocycles. The molecule has 0 bridgehead atoms. The first kappa shape index (κ1) is 12.8. The summed E-state index contributed by atoms with van der Waals surface area (Å²) in [6, 6.07) is 8.71. The zero-order chi connectivity index (χ0) is 13.0. The predicted octanol–water partition coefficient (Wildman–Crippen LogP) is 2.63. The molecule has 0 amide bonds. The molecule has 0 aliphatic heterocycles. The molecule has 0 saturated carbocycles. The third-order valence-electron chi connectivity index (χ3n) is 2.38. The number of ether oxygens (including phenoxy) is 1. The lowest BCUT2D eigenvalue weighted by Gasteiger charge is -2.06. The molecular weight excluding hydrogens is 252 g/mol. The summed E-state index contributed by atoms with van der Waals surface area (Å²) in [5.74, 6) is 0.499. The number of H-pyrrole nitrogens is 1. The first-order valence-corrected chi connectivity index (χ1v) is 6.01. The molecule has 5 heteroatoms. The zero-order valence-corrected chi connectivity index (χ0v) is 10.7. The molecule has 0 atom stereocenters. The molecule has 1 N–H and O–H groups in total. The van der Waals surface area contributed by atoms with Gasteiger partial charge in [0, 0.05) is 23.3 Å². The number of nitrogens with one attached hydrogen (secondary N) is 1. The Morgan fingerprint density at radius 1 is 1.39 bits per heavy atom. The van der Waals surface area contributed by atoms with Crippen molar-refractivity contribution in [2.75, 3.05) is 6.61 Å². The van der Waals surface area contributed by atoms with Crippen LogP contribution in [0.25, 0.3) is 11.3 Å². The van der Waals surface area contributed by atoms with Crippen LogP contribution in [0.4, 0.5) is 0 Å². The van der Waals surface area contributed by atoms with Crippen molar-refractivity contribution in [3.63, 3.8) is 0 Å². The van der Waals surface area contributed by atoms with Crippen molar-refractivity contribution in [3.05, 3.63) is 51.5 Å². The van der Waals surface area contributed by atoms with E-state index in [1.54, 1.807) is 6.07 Å². The molecule has 0 fully saturated rings. The molecule has 0 aliphatic carbocycles. The fourth-order valence-electron chi connectivity index (χ4n) is 1.58. The maximum Gasteiger partial charge on any atom is 0.251 e. The van der Waals surface area contributed by atoms with E-state index in [4.69, 9.17) is 16.3 Å². The number of hydrogen-bond donors (Lipinski definition) is 1. The molecule has 0 aliphatic rings. The van der Waals surface area contributed by atoms with Gasteiger partial charge in [0.15, 0.2) is 0 Å². The van der Waals surface area contributed by atoms with Gasteiger partial charge < -0.3 is 9.72 Å². The average molecular weight is 265 g/mol. The molecule has 18 heavy (non-hydrogen) atoms. The number of aromatic amines is 1. The maximum absolute atomic E-state index is 11.6. The summed E-state index contributed by atoms with van der Waals surface area (Å²) < 4.78 is 5.23. The van der Waals surface area contributed by atoms with Gasteiger partial charge in [-0.1, -0.05) is 29.8 Å². The lowest BCUT2D eigenvalue weighted by Crippen LogP contribution is -2.12. The van der Waals surface area contributed by atoms with Crippen molar-refractivity contribution in [2.45, 2.75) is 13.5 Å². The smallest absolute Gasteiger partial charge is 0.251 e. The topological polar surface area (TPSA) is 55.0 Å². The van der Waals surface area contributed by atoms with E-state index in [2.05, 4.69) is 9.97 Å². The molecule has 4 nitrogen and oxygen atoms in total. The van der Waals surface area contributed by atoms with Gasteiger partial charge in [-0.05, 0) is 13.0 Å². The van der Waals surface area contributed by atoms with E-state index in [-0.39, 0.29) is 12.2 Å². The van der Waals surface area contributed by atoms with Crippen molar-refractivity contribution in [1.82, 2.24) is 9.97 Å². The Morgan fingerprint density at radius 2 is 2.17 bits per heavy atom. The summed E-state index contributed by atoms with van der Waals surface area (Å²) in [6.45, 7) is 2.74. The average Bonchev–Trinajstić information content (AvgIpc) is 2.36. The van der Waals surface area contributed by atoms with E-state index >= 15 is 0 Å². The number of rotatable bonds is 4. The highest BCUT2D eigenvalue weighted by Gasteiger charge is 2.07. The van der Waals surface area contributed by atoms with Gasteiger partial charge in [-0.15, -0.1) is 0 Å². The van der Waals surface area contributed by atoms with Crippen LogP contribution in [0.3, 0.4) is 0 Å². The van der Waals surface area contributed by atoms with E-state index in [1.807, 2.05) is 25.1 Å².